The minimum atomic E-state index is 0.305. The molecule has 2 aromatic rings. The van der Waals surface area contributed by atoms with Crippen LogP contribution in [0, 0.1) is 0 Å². The summed E-state index contributed by atoms with van der Waals surface area (Å²) in [7, 11) is 1.72. The number of fused-ring (bicyclic) bond motifs is 1. The van der Waals surface area contributed by atoms with Crippen molar-refractivity contribution >= 4 is 0 Å². The molecule has 1 atom stereocenters. The SMILES string of the molecule is CCCn1ncnc1CC1NCCc2cc(OC)ccc21. The maximum atomic E-state index is 5.33. The Labute approximate surface area is 125 Å². The summed E-state index contributed by atoms with van der Waals surface area (Å²) < 4.78 is 7.34. The molecule has 0 fully saturated rings. The van der Waals surface area contributed by atoms with Crippen LogP contribution in [0.25, 0.3) is 0 Å². The first-order valence-electron chi connectivity index (χ1n) is 7.58. The van der Waals surface area contributed by atoms with Gasteiger partial charge in [-0.25, -0.2) is 4.98 Å². The van der Waals surface area contributed by atoms with Crippen LogP contribution in [0.15, 0.2) is 24.5 Å². The van der Waals surface area contributed by atoms with Crippen LogP contribution < -0.4 is 10.1 Å². The molecule has 1 unspecified atom stereocenters. The third-order valence-electron chi connectivity index (χ3n) is 4.03. The van der Waals surface area contributed by atoms with Gasteiger partial charge in [-0.15, -0.1) is 0 Å². The van der Waals surface area contributed by atoms with Crippen molar-refractivity contribution in [2.24, 2.45) is 0 Å². The smallest absolute Gasteiger partial charge is 0.138 e. The Morgan fingerprint density at radius 2 is 2.33 bits per heavy atom. The predicted octanol–water partition coefficient (Wildman–Crippen LogP) is 2.13. The van der Waals surface area contributed by atoms with E-state index in [9.17, 15) is 0 Å². The topological polar surface area (TPSA) is 52.0 Å². The molecule has 0 saturated heterocycles. The molecule has 0 radical (unpaired) electrons. The minimum Gasteiger partial charge on any atom is -0.497 e. The zero-order valence-corrected chi connectivity index (χ0v) is 12.7. The average molecular weight is 286 g/mol. The summed E-state index contributed by atoms with van der Waals surface area (Å²) in [5.41, 5.74) is 2.73. The summed E-state index contributed by atoms with van der Waals surface area (Å²) in [6, 6.07) is 6.67. The van der Waals surface area contributed by atoms with Crippen LogP contribution in [-0.2, 0) is 19.4 Å². The van der Waals surface area contributed by atoms with Crippen LogP contribution in [0.1, 0.15) is 36.3 Å². The highest BCUT2D eigenvalue weighted by molar-refractivity contribution is 5.39. The van der Waals surface area contributed by atoms with Crippen molar-refractivity contribution in [3.05, 3.63) is 41.5 Å². The van der Waals surface area contributed by atoms with Crippen molar-refractivity contribution < 1.29 is 4.74 Å². The van der Waals surface area contributed by atoms with Crippen LogP contribution in [0.5, 0.6) is 5.75 Å². The van der Waals surface area contributed by atoms with Gasteiger partial charge >= 0.3 is 0 Å². The molecule has 3 rings (SSSR count). The molecule has 0 aliphatic carbocycles. The van der Waals surface area contributed by atoms with Gasteiger partial charge in [0.25, 0.3) is 0 Å². The Balaban J connectivity index is 1.83. The first kappa shape index (κ1) is 14.1. The van der Waals surface area contributed by atoms with E-state index in [-0.39, 0.29) is 0 Å². The molecule has 0 amide bonds. The maximum absolute atomic E-state index is 5.33. The lowest BCUT2D eigenvalue weighted by Gasteiger charge is -2.27. The van der Waals surface area contributed by atoms with Crippen LogP contribution >= 0.6 is 0 Å². The predicted molar refractivity (Wildman–Crippen MR) is 81.5 cm³/mol. The van der Waals surface area contributed by atoms with E-state index < -0.39 is 0 Å². The molecule has 0 saturated carbocycles. The monoisotopic (exact) mass is 286 g/mol. The first-order valence-corrected chi connectivity index (χ1v) is 7.58. The van der Waals surface area contributed by atoms with Crippen LogP contribution in [0.3, 0.4) is 0 Å². The fourth-order valence-electron chi connectivity index (χ4n) is 2.97. The van der Waals surface area contributed by atoms with Crippen molar-refractivity contribution in [2.45, 2.75) is 38.8 Å². The Morgan fingerprint density at radius 1 is 1.43 bits per heavy atom. The molecular formula is C16H22N4O. The summed E-state index contributed by atoms with van der Waals surface area (Å²) in [5.74, 6) is 1.99. The van der Waals surface area contributed by atoms with Gasteiger partial charge in [-0.2, -0.15) is 5.10 Å². The normalized spacial score (nSPS) is 17.5. The molecule has 1 aliphatic rings. The van der Waals surface area contributed by atoms with E-state index >= 15 is 0 Å². The number of nitrogens with one attached hydrogen (secondary N) is 1. The third-order valence-corrected chi connectivity index (χ3v) is 4.03. The van der Waals surface area contributed by atoms with Gasteiger partial charge in [0.2, 0.25) is 0 Å². The van der Waals surface area contributed by atoms with E-state index in [2.05, 4.69) is 34.5 Å². The Hall–Kier alpha value is -1.88. The highest BCUT2D eigenvalue weighted by Gasteiger charge is 2.22. The highest BCUT2D eigenvalue weighted by Crippen LogP contribution is 2.28. The lowest BCUT2D eigenvalue weighted by Crippen LogP contribution is -2.32. The van der Waals surface area contributed by atoms with Crippen molar-refractivity contribution in [1.29, 1.82) is 0 Å². The van der Waals surface area contributed by atoms with Gasteiger partial charge in [0.15, 0.2) is 0 Å². The molecule has 1 aromatic heterocycles. The number of benzene rings is 1. The Morgan fingerprint density at radius 3 is 3.14 bits per heavy atom. The second-order valence-electron chi connectivity index (χ2n) is 5.42. The van der Waals surface area contributed by atoms with E-state index in [1.165, 1.54) is 11.1 Å². The second-order valence-corrected chi connectivity index (χ2v) is 5.42. The number of aryl methyl sites for hydroxylation is 1. The number of rotatable bonds is 5. The van der Waals surface area contributed by atoms with Gasteiger partial charge in [0.1, 0.15) is 17.9 Å². The zero-order chi connectivity index (χ0) is 14.7. The van der Waals surface area contributed by atoms with Gasteiger partial charge in [-0.05, 0) is 42.6 Å². The summed E-state index contributed by atoms with van der Waals surface area (Å²) >= 11 is 0. The van der Waals surface area contributed by atoms with Crippen LogP contribution in [0.4, 0.5) is 0 Å². The van der Waals surface area contributed by atoms with Crippen molar-refractivity contribution in [1.82, 2.24) is 20.1 Å². The van der Waals surface area contributed by atoms with E-state index in [1.807, 2.05) is 10.7 Å². The zero-order valence-electron chi connectivity index (χ0n) is 12.7. The van der Waals surface area contributed by atoms with Gasteiger partial charge < -0.3 is 10.1 Å². The third kappa shape index (κ3) is 2.93. The fraction of sp³-hybridized carbons (Fsp3) is 0.500. The lowest BCUT2D eigenvalue weighted by atomic mass is 9.92. The maximum Gasteiger partial charge on any atom is 0.138 e. The van der Waals surface area contributed by atoms with Crippen molar-refractivity contribution in [3.63, 3.8) is 0 Å². The Kier molecular flexibility index (Phi) is 4.20. The largest absolute Gasteiger partial charge is 0.497 e. The number of hydrogen-bond donors (Lipinski definition) is 1. The quantitative estimate of drug-likeness (QED) is 0.915. The average Bonchev–Trinajstić information content (AvgIpc) is 2.94. The molecule has 0 spiro atoms. The molecule has 2 heterocycles. The molecule has 1 aromatic carbocycles. The molecular weight excluding hydrogens is 264 g/mol. The van der Waals surface area contributed by atoms with E-state index in [4.69, 9.17) is 4.74 Å². The molecule has 1 aliphatic heterocycles. The standard InChI is InChI=1S/C16H22N4O/c1-3-8-20-16(18-11-19-20)10-15-14-5-4-13(21-2)9-12(14)6-7-17-15/h4-5,9,11,15,17H,3,6-8,10H2,1-2H3. The van der Waals surface area contributed by atoms with E-state index in [0.717, 1.165) is 43.9 Å². The second kappa shape index (κ2) is 6.26. The molecule has 5 heteroatoms. The molecule has 21 heavy (non-hydrogen) atoms. The summed E-state index contributed by atoms with van der Waals surface area (Å²) in [6.45, 7) is 4.08. The molecule has 112 valence electrons. The van der Waals surface area contributed by atoms with Gasteiger partial charge in [-0.1, -0.05) is 13.0 Å². The molecule has 1 N–H and O–H groups in total. The summed E-state index contributed by atoms with van der Waals surface area (Å²) in [5, 5.41) is 7.91. The minimum absolute atomic E-state index is 0.305. The van der Waals surface area contributed by atoms with Crippen LogP contribution in [0.2, 0.25) is 0 Å². The van der Waals surface area contributed by atoms with Crippen molar-refractivity contribution in [3.8, 4) is 5.75 Å². The number of methoxy groups -OCH3 is 1. The Bertz CT molecular complexity index is 608. The fourth-order valence-corrected chi connectivity index (χ4v) is 2.97. The van der Waals surface area contributed by atoms with Gasteiger partial charge in [0.05, 0.1) is 7.11 Å². The number of aromatic nitrogens is 3. The first-order chi connectivity index (χ1) is 10.3. The van der Waals surface area contributed by atoms with Gasteiger partial charge in [-0.3, -0.25) is 4.68 Å². The van der Waals surface area contributed by atoms with E-state index in [0.29, 0.717) is 6.04 Å². The number of hydrogen-bond acceptors (Lipinski definition) is 4. The van der Waals surface area contributed by atoms with Gasteiger partial charge in [0, 0.05) is 19.0 Å². The van der Waals surface area contributed by atoms with Crippen molar-refractivity contribution in [2.75, 3.05) is 13.7 Å². The molecule has 5 nitrogen and oxygen atoms in total. The number of ether oxygens (including phenoxy) is 1. The lowest BCUT2D eigenvalue weighted by molar-refractivity contribution is 0.411. The number of nitrogens with zero attached hydrogens (tertiary/aromatic N) is 3. The highest BCUT2D eigenvalue weighted by atomic mass is 16.5. The summed E-state index contributed by atoms with van der Waals surface area (Å²) in [6.07, 6.45) is 4.65. The summed E-state index contributed by atoms with van der Waals surface area (Å²) in [4.78, 5) is 4.42. The van der Waals surface area contributed by atoms with E-state index in [1.54, 1.807) is 13.4 Å². The van der Waals surface area contributed by atoms with Crippen LogP contribution in [-0.4, -0.2) is 28.4 Å². The molecule has 0 bridgehead atoms.